The number of nitrogens with zero attached hydrogens (tertiary/aromatic N) is 2. The molecule has 2 aliphatic rings. The van der Waals surface area contributed by atoms with Crippen molar-refractivity contribution < 1.29 is 0 Å². The first kappa shape index (κ1) is 28.5. The van der Waals surface area contributed by atoms with Crippen molar-refractivity contribution in [3.8, 4) is 16.8 Å². The van der Waals surface area contributed by atoms with Gasteiger partial charge in [0, 0.05) is 38.9 Å². The third-order valence-corrected chi connectivity index (χ3v) is 11.5. The van der Waals surface area contributed by atoms with Crippen molar-refractivity contribution in [2.45, 2.75) is 18.3 Å². The Hall–Kier alpha value is -6.38. The van der Waals surface area contributed by atoms with Gasteiger partial charge in [0.05, 0.1) is 11.0 Å². The predicted molar refractivity (Wildman–Crippen MR) is 213 cm³/mol. The van der Waals surface area contributed by atoms with E-state index in [0.29, 0.717) is 0 Å². The summed E-state index contributed by atoms with van der Waals surface area (Å²) in [5.41, 5.74) is 15.6. The van der Waals surface area contributed by atoms with Gasteiger partial charge in [-0.2, -0.15) is 0 Å². The molecule has 0 N–H and O–H groups in total. The Morgan fingerprint density at radius 1 is 0.412 bits per heavy atom. The van der Waals surface area contributed by atoms with Gasteiger partial charge in [-0.25, -0.2) is 0 Å². The van der Waals surface area contributed by atoms with E-state index >= 15 is 0 Å². The van der Waals surface area contributed by atoms with Crippen molar-refractivity contribution in [3.63, 3.8) is 0 Å². The van der Waals surface area contributed by atoms with Crippen molar-refractivity contribution >= 4 is 49.6 Å². The molecule has 0 fully saturated rings. The van der Waals surface area contributed by atoms with Crippen LogP contribution in [0, 0.1) is 0 Å². The standard InChI is InChI=1S/C49H34N2/c1-2-16-37(17-3-1)51-47-21-11-9-19-43(47)44-29-39(25-27-48(44)51)50(38-23-22-33-12-4-5-13-34(33)28-38)40-24-26-42-41-18-8-10-20-45(41)49(46(42)30-40)31-35-14-6-7-15-36(35)32-49/h1-30H,31-32H2. The smallest absolute Gasteiger partial charge is 0.0542 e. The van der Waals surface area contributed by atoms with Gasteiger partial charge in [0.25, 0.3) is 0 Å². The molecule has 0 aliphatic heterocycles. The first-order valence-corrected chi connectivity index (χ1v) is 17.9. The maximum Gasteiger partial charge on any atom is 0.0542 e. The third kappa shape index (κ3) is 4.17. The van der Waals surface area contributed by atoms with E-state index in [1.54, 1.807) is 0 Å². The van der Waals surface area contributed by atoms with Gasteiger partial charge < -0.3 is 9.47 Å². The monoisotopic (exact) mass is 650 g/mol. The SMILES string of the molecule is c1ccc(-n2c3ccccc3c3cc(N(c4ccc5c(c4)C4(Cc6ccccc6C4)c4ccccc4-5)c4ccc5ccccc5c4)ccc32)cc1. The Bertz CT molecular complexity index is 2800. The lowest BCUT2D eigenvalue weighted by atomic mass is 9.75. The fourth-order valence-corrected chi connectivity index (χ4v) is 9.30. The molecule has 0 amide bonds. The number of hydrogen-bond donors (Lipinski definition) is 0. The summed E-state index contributed by atoms with van der Waals surface area (Å²) in [6, 6.07) is 67.5. The highest BCUT2D eigenvalue weighted by atomic mass is 15.1. The van der Waals surface area contributed by atoms with Crippen LogP contribution < -0.4 is 4.90 Å². The summed E-state index contributed by atoms with van der Waals surface area (Å²) >= 11 is 0. The van der Waals surface area contributed by atoms with Gasteiger partial charge in [-0.15, -0.1) is 0 Å². The summed E-state index contributed by atoms with van der Waals surface area (Å²) in [6.45, 7) is 0. The van der Waals surface area contributed by atoms with Crippen LogP contribution >= 0.6 is 0 Å². The fourth-order valence-electron chi connectivity index (χ4n) is 9.30. The summed E-state index contributed by atoms with van der Waals surface area (Å²) in [5, 5.41) is 4.98. The Morgan fingerprint density at radius 3 is 1.88 bits per heavy atom. The van der Waals surface area contributed by atoms with Gasteiger partial charge in [0.15, 0.2) is 0 Å². The Morgan fingerprint density at radius 2 is 1.02 bits per heavy atom. The van der Waals surface area contributed by atoms with Crippen molar-refractivity contribution in [2.75, 3.05) is 4.90 Å². The van der Waals surface area contributed by atoms with Crippen LogP contribution in [0.3, 0.4) is 0 Å². The zero-order chi connectivity index (χ0) is 33.5. The largest absolute Gasteiger partial charge is 0.310 e. The predicted octanol–water partition coefficient (Wildman–Crippen LogP) is 12.5. The minimum atomic E-state index is -0.0757. The number of para-hydroxylation sites is 2. The zero-order valence-electron chi connectivity index (χ0n) is 28.1. The van der Waals surface area contributed by atoms with E-state index < -0.39 is 0 Å². The summed E-state index contributed by atoms with van der Waals surface area (Å²) in [5.74, 6) is 0. The van der Waals surface area contributed by atoms with Crippen molar-refractivity contribution in [1.29, 1.82) is 0 Å². The van der Waals surface area contributed by atoms with Gasteiger partial charge in [-0.3, -0.25) is 0 Å². The summed E-state index contributed by atoms with van der Waals surface area (Å²) in [4.78, 5) is 2.47. The van der Waals surface area contributed by atoms with E-state index in [1.807, 2.05) is 0 Å². The molecule has 0 bridgehead atoms. The van der Waals surface area contributed by atoms with E-state index in [1.165, 1.54) is 77.3 Å². The van der Waals surface area contributed by atoms with E-state index in [0.717, 1.165) is 24.2 Å². The van der Waals surface area contributed by atoms with E-state index in [-0.39, 0.29) is 5.41 Å². The lowest BCUT2D eigenvalue weighted by Crippen LogP contribution is -2.26. The van der Waals surface area contributed by atoms with Crippen LogP contribution in [-0.2, 0) is 18.3 Å². The molecule has 0 unspecified atom stereocenters. The minimum absolute atomic E-state index is 0.0757. The highest BCUT2D eigenvalue weighted by molar-refractivity contribution is 6.11. The van der Waals surface area contributed by atoms with Crippen LogP contribution in [0.1, 0.15) is 22.3 Å². The third-order valence-electron chi connectivity index (χ3n) is 11.5. The van der Waals surface area contributed by atoms with E-state index in [2.05, 4.69) is 191 Å². The van der Waals surface area contributed by atoms with Crippen molar-refractivity contribution in [3.05, 3.63) is 204 Å². The van der Waals surface area contributed by atoms with Crippen LogP contribution in [0.15, 0.2) is 182 Å². The second kappa shape index (κ2) is 10.8. The highest BCUT2D eigenvalue weighted by Crippen LogP contribution is 2.56. The Balaban J connectivity index is 1.15. The number of rotatable bonds is 4. The molecule has 1 aromatic heterocycles. The van der Waals surface area contributed by atoms with E-state index in [4.69, 9.17) is 0 Å². The molecule has 11 rings (SSSR count). The Labute approximate surface area is 297 Å². The van der Waals surface area contributed by atoms with Crippen LogP contribution in [0.2, 0.25) is 0 Å². The van der Waals surface area contributed by atoms with Gasteiger partial charge in [0.1, 0.15) is 0 Å². The number of aromatic nitrogens is 1. The van der Waals surface area contributed by atoms with Gasteiger partial charge >= 0.3 is 0 Å². The second-order valence-electron chi connectivity index (χ2n) is 14.2. The summed E-state index contributed by atoms with van der Waals surface area (Å²) < 4.78 is 2.39. The average molecular weight is 651 g/mol. The lowest BCUT2D eigenvalue weighted by molar-refractivity contribution is 0.563. The summed E-state index contributed by atoms with van der Waals surface area (Å²) in [7, 11) is 0. The molecule has 2 heteroatoms. The number of fused-ring (bicyclic) bond motifs is 10. The number of anilines is 3. The molecule has 9 aromatic rings. The number of benzene rings is 8. The normalized spacial score (nSPS) is 13.9. The maximum absolute atomic E-state index is 2.51. The molecule has 0 atom stereocenters. The van der Waals surface area contributed by atoms with Crippen molar-refractivity contribution in [2.24, 2.45) is 0 Å². The molecule has 8 aromatic carbocycles. The van der Waals surface area contributed by atoms with Gasteiger partial charge in [-0.1, -0.05) is 121 Å². The molecule has 240 valence electrons. The van der Waals surface area contributed by atoms with Gasteiger partial charge in [0.2, 0.25) is 0 Å². The highest BCUT2D eigenvalue weighted by Gasteiger charge is 2.47. The fraction of sp³-hybridized carbons (Fsp3) is 0.0612. The first-order valence-electron chi connectivity index (χ1n) is 17.9. The molecular weight excluding hydrogens is 617 g/mol. The average Bonchev–Trinajstić information content (AvgIpc) is 3.83. The molecular formula is C49H34N2. The van der Waals surface area contributed by atoms with Crippen LogP contribution in [0.4, 0.5) is 17.1 Å². The van der Waals surface area contributed by atoms with Gasteiger partial charge in [-0.05, 0) is 118 Å². The lowest BCUT2D eigenvalue weighted by Gasteiger charge is -2.30. The maximum atomic E-state index is 2.51. The summed E-state index contributed by atoms with van der Waals surface area (Å²) in [6.07, 6.45) is 2.05. The molecule has 2 aliphatic carbocycles. The second-order valence-corrected chi connectivity index (χ2v) is 14.2. The zero-order valence-corrected chi connectivity index (χ0v) is 28.1. The molecule has 0 radical (unpaired) electrons. The van der Waals surface area contributed by atoms with Crippen LogP contribution in [0.25, 0.3) is 49.4 Å². The number of hydrogen-bond acceptors (Lipinski definition) is 1. The topological polar surface area (TPSA) is 8.17 Å². The quantitative estimate of drug-likeness (QED) is 0.184. The minimum Gasteiger partial charge on any atom is -0.310 e. The van der Waals surface area contributed by atoms with E-state index in [9.17, 15) is 0 Å². The van der Waals surface area contributed by atoms with Crippen LogP contribution in [0.5, 0.6) is 0 Å². The first-order chi connectivity index (χ1) is 25.2. The Kier molecular flexibility index (Phi) is 6.03. The molecule has 51 heavy (non-hydrogen) atoms. The van der Waals surface area contributed by atoms with Crippen LogP contribution in [-0.4, -0.2) is 4.57 Å². The molecule has 0 saturated carbocycles. The molecule has 0 saturated heterocycles. The molecule has 1 heterocycles. The molecule has 1 spiro atoms. The molecule has 2 nitrogen and oxygen atoms in total. The van der Waals surface area contributed by atoms with Crippen molar-refractivity contribution in [1.82, 2.24) is 4.57 Å².